The van der Waals surface area contributed by atoms with E-state index in [4.69, 9.17) is 33.3 Å². The van der Waals surface area contributed by atoms with Crippen molar-refractivity contribution in [3.05, 3.63) is 87.4 Å². The zero-order chi connectivity index (χ0) is 24.8. The summed E-state index contributed by atoms with van der Waals surface area (Å²) < 4.78 is 11.1. The SMILES string of the molecule is O=C(NC(=S)Nc1ccc(Oc2ccc(Cl)cc2)cc1)c1ccc(N2CCOCC2)c([N+](=O)[O-])c1. The Balaban J connectivity index is 1.37. The summed E-state index contributed by atoms with van der Waals surface area (Å²) in [5.41, 5.74) is 1.07. The molecule has 180 valence electrons. The second kappa shape index (κ2) is 11.1. The van der Waals surface area contributed by atoms with E-state index in [9.17, 15) is 14.9 Å². The number of nitrogens with zero attached hydrogens (tertiary/aromatic N) is 2. The maximum absolute atomic E-state index is 12.7. The lowest BCUT2D eigenvalue weighted by Crippen LogP contribution is -2.37. The summed E-state index contributed by atoms with van der Waals surface area (Å²) in [6.45, 7) is 2.08. The zero-order valence-corrected chi connectivity index (χ0v) is 20.0. The van der Waals surface area contributed by atoms with Crippen LogP contribution in [0, 0.1) is 10.1 Å². The summed E-state index contributed by atoms with van der Waals surface area (Å²) in [5, 5.41) is 17.8. The lowest BCUT2D eigenvalue weighted by Gasteiger charge is -2.28. The van der Waals surface area contributed by atoms with E-state index in [0.717, 1.165) is 0 Å². The fourth-order valence-electron chi connectivity index (χ4n) is 3.47. The summed E-state index contributed by atoms with van der Waals surface area (Å²) >= 11 is 11.1. The van der Waals surface area contributed by atoms with Gasteiger partial charge >= 0.3 is 0 Å². The number of hydrogen-bond donors (Lipinski definition) is 2. The van der Waals surface area contributed by atoms with Crippen molar-refractivity contribution in [1.29, 1.82) is 0 Å². The van der Waals surface area contributed by atoms with Crippen molar-refractivity contribution < 1.29 is 19.2 Å². The van der Waals surface area contributed by atoms with Crippen LogP contribution in [0.25, 0.3) is 0 Å². The molecule has 3 aromatic rings. The second-order valence-electron chi connectivity index (χ2n) is 7.55. The highest BCUT2D eigenvalue weighted by Crippen LogP contribution is 2.30. The van der Waals surface area contributed by atoms with Gasteiger partial charge in [0.2, 0.25) is 0 Å². The predicted octanol–water partition coefficient (Wildman–Crippen LogP) is 5.00. The smallest absolute Gasteiger partial charge is 0.293 e. The van der Waals surface area contributed by atoms with Crippen molar-refractivity contribution in [3.63, 3.8) is 0 Å². The Morgan fingerprint density at radius 2 is 1.66 bits per heavy atom. The predicted molar refractivity (Wildman–Crippen MR) is 138 cm³/mol. The van der Waals surface area contributed by atoms with Crippen molar-refractivity contribution in [2.24, 2.45) is 0 Å². The van der Waals surface area contributed by atoms with E-state index in [-0.39, 0.29) is 16.4 Å². The number of ether oxygens (including phenoxy) is 2. The number of rotatable bonds is 6. The first kappa shape index (κ1) is 24.4. The number of nitrogens with one attached hydrogen (secondary N) is 2. The molecule has 1 fully saturated rings. The van der Waals surface area contributed by atoms with E-state index >= 15 is 0 Å². The van der Waals surface area contributed by atoms with E-state index in [1.54, 1.807) is 60.7 Å². The maximum atomic E-state index is 12.7. The number of thiocarbonyl (C=S) groups is 1. The van der Waals surface area contributed by atoms with Crippen LogP contribution in [0.3, 0.4) is 0 Å². The van der Waals surface area contributed by atoms with Crippen LogP contribution in [0.1, 0.15) is 10.4 Å². The minimum Gasteiger partial charge on any atom is -0.457 e. The molecule has 0 spiro atoms. The van der Waals surface area contributed by atoms with E-state index in [1.807, 2.05) is 4.90 Å². The van der Waals surface area contributed by atoms with Gasteiger partial charge in [0, 0.05) is 35.4 Å². The van der Waals surface area contributed by atoms with Crippen LogP contribution in [-0.4, -0.2) is 42.2 Å². The molecule has 0 atom stereocenters. The number of carbonyl (C=O) groups excluding carboxylic acids is 1. The second-order valence-corrected chi connectivity index (χ2v) is 8.39. The number of amides is 1. The van der Waals surface area contributed by atoms with Gasteiger partial charge in [-0.1, -0.05) is 11.6 Å². The summed E-state index contributed by atoms with van der Waals surface area (Å²) in [6.07, 6.45) is 0. The molecule has 1 heterocycles. The van der Waals surface area contributed by atoms with Crippen LogP contribution in [0.2, 0.25) is 5.02 Å². The number of nitro groups is 1. The van der Waals surface area contributed by atoms with E-state index < -0.39 is 10.8 Å². The summed E-state index contributed by atoms with van der Waals surface area (Å²) in [7, 11) is 0. The van der Waals surface area contributed by atoms with Crippen LogP contribution < -0.4 is 20.3 Å². The van der Waals surface area contributed by atoms with E-state index in [0.29, 0.717) is 54.2 Å². The minimum absolute atomic E-state index is 0.0567. The van der Waals surface area contributed by atoms with Crippen molar-refractivity contribution in [2.75, 3.05) is 36.5 Å². The molecule has 11 heteroatoms. The molecule has 0 radical (unpaired) electrons. The lowest BCUT2D eigenvalue weighted by molar-refractivity contribution is -0.384. The molecule has 9 nitrogen and oxygen atoms in total. The standard InChI is InChI=1S/C24H21ClN4O5S/c25-17-2-6-19(7-3-17)34-20-8-4-18(5-9-20)26-24(35)27-23(30)16-1-10-21(22(15-16)29(31)32)28-11-13-33-14-12-28/h1-10,15H,11-14H2,(H2,26,27,30,35). The van der Waals surface area contributed by atoms with Gasteiger partial charge in [-0.25, -0.2) is 0 Å². The quantitative estimate of drug-likeness (QED) is 0.270. The highest BCUT2D eigenvalue weighted by molar-refractivity contribution is 7.80. The minimum atomic E-state index is -0.554. The van der Waals surface area contributed by atoms with Gasteiger partial charge in [0.15, 0.2) is 5.11 Å². The van der Waals surface area contributed by atoms with E-state index in [2.05, 4.69) is 10.6 Å². The number of morpholine rings is 1. The molecule has 4 rings (SSSR count). The van der Waals surface area contributed by atoms with E-state index in [1.165, 1.54) is 6.07 Å². The number of halogens is 1. The van der Waals surface area contributed by atoms with Gasteiger partial charge < -0.3 is 19.7 Å². The molecule has 0 aliphatic carbocycles. The number of anilines is 2. The van der Waals surface area contributed by atoms with Gasteiger partial charge in [-0.15, -0.1) is 0 Å². The number of nitro benzene ring substituents is 1. The topological polar surface area (TPSA) is 106 Å². The Bertz CT molecular complexity index is 1230. The van der Waals surface area contributed by atoms with Gasteiger partial charge in [0.05, 0.1) is 18.1 Å². The van der Waals surface area contributed by atoms with Crippen molar-refractivity contribution in [1.82, 2.24) is 5.32 Å². The molecule has 0 unspecified atom stereocenters. The first-order valence-corrected chi connectivity index (χ1v) is 11.4. The normalized spacial score (nSPS) is 13.1. The molecule has 1 aliphatic rings. The molecule has 2 N–H and O–H groups in total. The van der Waals surface area contributed by atoms with Gasteiger partial charge in [-0.3, -0.25) is 20.2 Å². The maximum Gasteiger partial charge on any atom is 0.293 e. The van der Waals surface area contributed by atoms with Gasteiger partial charge in [0.1, 0.15) is 17.2 Å². The lowest BCUT2D eigenvalue weighted by atomic mass is 10.1. The average Bonchev–Trinajstić information content (AvgIpc) is 2.86. The number of carbonyl (C=O) groups is 1. The molecular weight excluding hydrogens is 492 g/mol. The zero-order valence-electron chi connectivity index (χ0n) is 18.4. The largest absolute Gasteiger partial charge is 0.457 e. The third kappa shape index (κ3) is 6.44. The van der Waals surface area contributed by atoms with Crippen LogP contribution in [0.4, 0.5) is 17.1 Å². The van der Waals surface area contributed by atoms with Crippen LogP contribution in [-0.2, 0) is 4.74 Å². The first-order chi connectivity index (χ1) is 16.9. The molecule has 0 bridgehead atoms. The highest BCUT2D eigenvalue weighted by atomic mass is 35.5. The molecule has 3 aromatic carbocycles. The molecule has 35 heavy (non-hydrogen) atoms. The first-order valence-electron chi connectivity index (χ1n) is 10.7. The van der Waals surface area contributed by atoms with Crippen molar-refractivity contribution in [3.8, 4) is 11.5 Å². The Morgan fingerprint density at radius 3 is 2.29 bits per heavy atom. The van der Waals surface area contributed by atoms with Crippen molar-refractivity contribution in [2.45, 2.75) is 0 Å². The summed E-state index contributed by atoms with van der Waals surface area (Å²) in [6, 6.07) is 18.3. The Labute approximate surface area is 211 Å². The molecular formula is C24H21ClN4O5S. The molecule has 1 saturated heterocycles. The van der Waals surface area contributed by atoms with Gasteiger partial charge in [0.25, 0.3) is 11.6 Å². The number of hydrogen-bond acceptors (Lipinski definition) is 7. The number of benzene rings is 3. The van der Waals surface area contributed by atoms with Crippen LogP contribution in [0.5, 0.6) is 11.5 Å². The average molecular weight is 513 g/mol. The fourth-order valence-corrected chi connectivity index (χ4v) is 3.80. The third-order valence-corrected chi connectivity index (χ3v) is 5.63. The monoisotopic (exact) mass is 512 g/mol. The Morgan fingerprint density at radius 1 is 1.03 bits per heavy atom. The van der Waals surface area contributed by atoms with Gasteiger partial charge in [-0.2, -0.15) is 0 Å². The Hall–Kier alpha value is -3.73. The fraction of sp³-hybridized carbons (Fsp3) is 0.167. The molecule has 1 aliphatic heterocycles. The third-order valence-electron chi connectivity index (χ3n) is 5.17. The summed E-state index contributed by atoms with van der Waals surface area (Å²) in [5.74, 6) is 0.703. The Kier molecular flexibility index (Phi) is 7.76. The molecule has 0 saturated carbocycles. The molecule has 1 amide bonds. The van der Waals surface area contributed by atoms with Crippen LogP contribution >= 0.6 is 23.8 Å². The van der Waals surface area contributed by atoms with Crippen molar-refractivity contribution >= 4 is 51.9 Å². The van der Waals surface area contributed by atoms with Gasteiger partial charge in [-0.05, 0) is 72.9 Å². The highest BCUT2D eigenvalue weighted by Gasteiger charge is 2.23. The van der Waals surface area contributed by atoms with Crippen LogP contribution in [0.15, 0.2) is 66.7 Å². The summed E-state index contributed by atoms with van der Waals surface area (Å²) in [4.78, 5) is 25.7. The molecule has 0 aromatic heterocycles.